The molecule has 11 heteroatoms. The number of halogens is 3. The first-order chi connectivity index (χ1) is 15.2. The van der Waals surface area contributed by atoms with Crippen LogP contribution in [-0.2, 0) is 16.1 Å². The second kappa shape index (κ2) is 9.92. The maximum atomic E-state index is 12.6. The number of nitrogens with zero attached hydrogens (tertiary/aromatic N) is 5. The van der Waals surface area contributed by atoms with Gasteiger partial charge in [-0.1, -0.05) is 6.07 Å². The molecule has 172 valence electrons. The molecule has 4 heterocycles. The highest BCUT2D eigenvalue weighted by Gasteiger charge is 2.45. The van der Waals surface area contributed by atoms with E-state index in [9.17, 15) is 18.0 Å². The van der Waals surface area contributed by atoms with E-state index in [1.54, 1.807) is 18.6 Å². The van der Waals surface area contributed by atoms with E-state index in [1.165, 1.54) is 0 Å². The molecule has 0 radical (unpaired) electrons. The van der Waals surface area contributed by atoms with Gasteiger partial charge in [-0.3, -0.25) is 9.78 Å². The van der Waals surface area contributed by atoms with Crippen molar-refractivity contribution in [1.29, 1.82) is 0 Å². The first-order valence-corrected chi connectivity index (χ1v) is 10.2. The van der Waals surface area contributed by atoms with Crippen LogP contribution in [-0.4, -0.2) is 61.6 Å². The van der Waals surface area contributed by atoms with E-state index in [1.807, 2.05) is 24.4 Å². The van der Waals surface area contributed by atoms with Gasteiger partial charge < -0.3 is 14.9 Å². The van der Waals surface area contributed by atoms with E-state index in [0.29, 0.717) is 13.0 Å². The van der Waals surface area contributed by atoms with Crippen LogP contribution in [0, 0.1) is 0 Å². The molecule has 0 bridgehead atoms. The number of hydrogen-bond acceptors (Lipinski definition) is 6. The monoisotopic (exact) mass is 451 g/mol. The summed E-state index contributed by atoms with van der Waals surface area (Å²) >= 11 is 0. The molecule has 2 aromatic heterocycles. The maximum absolute atomic E-state index is 12.6. The number of hydrogen-bond donors (Lipinski definition) is 1. The largest absolute Gasteiger partial charge is 0.490 e. The van der Waals surface area contributed by atoms with E-state index < -0.39 is 12.1 Å². The second-order valence-corrected chi connectivity index (χ2v) is 7.76. The summed E-state index contributed by atoms with van der Waals surface area (Å²) in [5.41, 5.74) is 1.07. The summed E-state index contributed by atoms with van der Waals surface area (Å²) in [6.07, 6.45) is 6.80. The zero-order chi connectivity index (χ0) is 23.2. The number of amides is 1. The number of carbonyl (C=O) groups excluding carboxylic acids is 1. The molecule has 0 saturated carbocycles. The summed E-state index contributed by atoms with van der Waals surface area (Å²) in [5.74, 6) is -1.69. The Kier molecular flexibility index (Phi) is 7.26. The molecule has 1 amide bonds. The predicted molar refractivity (Wildman–Crippen MR) is 109 cm³/mol. The number of carbonyl (C=O) groups is 2. The van der Waals surface area contributed by atoms with Crippen molar-refractivity contribution < 1.29 is 27.9 Å². The summed E-state index contributed by atoms with van der Waals surface area (Å²) in [7, 11) is 0. The molecule has 0 aliphatic carbocycles. The molecule has 0 aromatic carbocycles. The van der Waals surface area contributed by atoms with Crippen molar-refractivity contribution >= 4 is 17.8 Å². The second-order valence-electron chi connectivity index (χ2n) is 7.76. The Bertz CT molecular complexity index is 914. The number of carboxylic acids is 1. The molecule has 2 aliphatic heterocycles. The molecule has 32 heavy (non-hydrogen) atoms. The Hall–Kier alpha value is -3.24. The Balaban J connectivity index is 0.000000360. The number of anilines is 1. The van der Waals surface area contributed by atoms with Crippen LogP contribution >= 0.6 is 0 Å². The zero-order valence-corrected chi connectivity index (χ0v) is 17.3. The summed E-state index contributed by atoms with van der Waals surface area (Å²) < 4.78 is 31.7. The van der Waals surface area contributed by atoms with Crippen LogP contribution in [0.3, 0.4) is 0 Å². The van der Waals surface area contributed by atoms with Crippen LogP contribution in [0.1, 0.15) is 37.7 Å². The maximum Gasteiger partial charge on any atom is 0.490 e. The van der Waals surface area contributed by atoms with E-state index in [2.05, 4.69) is 24.8 Å². The molecular weight excluding hydrogens is 427 g/mol. The molecule has 8 nitrogen and oxygen atoms in total. The SMILES string of the molecule is O=C(O)C(F)(F)F.O=C1CCC2(CCCN(c3ncccn3)CC2)N1Cc1cccnc1. The molecule has 4 rings (SSSR count). The van der Waals surface area contributed by atoms with Crippen molar-refractivity contribution in [2.24, 2.45) is 0 Å². The van der Waals surface area contributed by atoms with Crippen LogP contribution in [0.15, 0.2) is 43.0 Å². The van der Waals surface area contributed by atoms with Crippen molar-refractivity contribution in [2.75, 3.05) is 18.0 Å². The van der Waals surface area contributed by atoms with Crippen molar-refractivity contribution in [2.45, 2.75) is 50.4 Å². The van der Waals surface area contributed by atoms with Crippen molar-refractivity contribution in [3.05, 3.63) is 48.5 Å². The van der Waals surface area contributed by atoms with E-state index >= 15 is 0 Å². The van der Waals surface area contributed by atoms with Crippen LogP contribution in [0.2, 0.25) is 0 Å². The van der Waals surface area contributed by atoms with Gasteiger partial charge in [-0.15, -0.1) is 0 Å². The standard InChI is InChI=1S/C19H23N5O.C2HF3O2/c25-17-5-7-19(24(17)15-16-4-1-9-20-14-16)6-2-12-23(13-8-19)18-21-10-3-11-22-18;3-2(4,5)1(6)7/h1,3-4,9-11,14H,2,5-8,12-13,15H2;(H,6,7). The minimum atomic E-state index is -5.08. The number of alkyl halides is 3. The topological polar surface area (TPSA) is 99.5 Å². The number of rotatable bonds is 3. The normalized spacial score (nSPS) is 21.2. The molecule has 2 fully saturated rings. The minimum Gasteiger partial charge on any atom is -0.475 e. The van der Waals surface area contributed by atoms with Crippen LogP contribution < -0.4 is 4.90 Å². The smallest absolute Gasteiger partial charge is 0.475 e. The van der Waals surface area contributed by atoms with E-state index in [4.69, 9.17) is 9.90 Å². The Morgan fingerprint density at radius 2 is 1.81 bits per heavy atom. The van der Waals surface area contributed by atoms with Gasteiger partial charge in [0.15, 0.2) is 0 Å². The molecule has 1 unspecified atom stereocenters. The van der Waals surface area contributed by atoms with Crippen molar-refractivity contribution in [3.8, 4) is 0 Å². The van der Waals surface area contributed by atoms with Gasteiger partial charge >= 0.3 is 12.1 Å². The first kappa shape index (κ1) is 23.4. The molecule has 1 atom stereocenters. The highest BCUT2D eigenvalue weighted by molar-refractivity contribution is 5.79. The highest BCUT2D eigenvalue weighted by atomic mass is 19.4. The van der Waals surface area contributed by atoms with Gasteiger partial charge in [-0.25, -0.2) is 14.8 Å². The lowest BCUT2D eigenvalue weighted by atomic mass is 9.87. The quantitative estimate of drug-likeness (QED) is 0.766. The van der Waals surface area contributed by atoms with Crippen LogP contribution in [0.5, 0.6) is 0 Å². The lowest BCUT2D eigenvalue weighted by Crippen LogP contribution is -2.46. The van der Waals surface area contributed by atoms with Gasteiger partial charge in [0.2, 0.25) is 11.9 Å². The molecule has 2 aromatic rings. The molecule has 2 saturated heterocycles. The van der Waals surface area contributed by atoms with Crippen molar-refractivity contribution in [3.63, 3.8) is 0 Å². The van der Waals surface area contributed by atoms with E-state index in [-0.39, 0.29) is 11.4 Å². The summed E-state index contributed by atoms with van der Waals surface area (Å²) in [4.78, 5) is 38.8. The van der Waals surface area contributed by atoms with Gasteiger partial charge in [0.1, 0.15) is 0 Å². The third-order valence-electron chi connectivity index (χ3n) is 5.74. The number of pyridine rings is 1. The van der Waals surface area contributed by atoms with Gasteiger partial charge in [0.25, 0.3) is 0 Å². The minimum absolute atomic E-state index is 0.0313. The van der Waals surface area contributed by atoms with E-state index in [0.717, 1.165) is 50.3 Å². The summed E-state index contributed by atoms with van der Waals surface area (Å²) in [6.45, 7) is 2.50. The summed E-state index contributed by atoms with van der Waals surface area (Å²) in [6, 6.07) is 5.82. The number of aliphatic carboxylic acids is 1. The third kappa shape index (κ3) is 5.71. The fourth-order valence-corrected chi connectivity index (χ4v) is 4.16. The fraction of sp³-hybridized carbons (Fsp3) is 0.476. The lowest BCUT2D eigenvalue weighted by Gasteiger charge is -2.38. The lowest BCUT2D eigenvalue weighted by molar-refractivity contribution is -0.192. The van der Waals surface area contributed by atoms with Gasteiger partial charge in [0, 0.05) is 56.4 Å². The average molecular weight is 451 g/mol. The number of carboxylic acid groups (broad SMARTS) is 1. The molecule has 2 aliphatic rings. The fourth-order valence-electron chi connectivity index (χ4n) is 4.16. The van der Waals surface area contributed by atoms with Gasteiger partial charge in [0.05, 0.1) is 0 Å². The number of aromatic nitrogens is 3. The first-order valence-electron chi connectivity index (χ1n) is 10.2. The third-order valence-corrected chi connectivity index (χ3v) is 5.74. The van der Waals surface area contributed by atoms with Crippen LogP contribution in [0.25, 0.3) is 0 Å². The summed E-state index contributed by atoms with van der Waals surface area (Å²) in [5, 5.41) is 7.12. The average Bonchev–Trinajstić information content (AvgIpc) is 2.94. The zero-order valence-electron chi connectivity index (χ0n) is 17.3. The Labute approximate surface area is 183 Å². The Morgan fingerprint density at radius 3 is 2.44 bits per heavy atom. The van der Waals surface area contributed by atoms with Gasteiger partial charge in [-0.05, 0) is 43.4 Å². The highest BCUT2D eigenvalue weighted by Crippen LogP contribution is 2.40. The molecular formula is C21H24F3N5O3. The molecule has 1 spiro atoms. The van der Waals surface area contributed by atoms with Gasteiger partial charge in [-0.2, -0.15) is 13.2 Å². The predicted octanol–water partition coefficient (Wildman–Crippen LogP) is 3.06. The molecule has 1 N–H and O–H groups in total. The van der Waals surface area contributed by atoms with Crippen LogP contribution in [0.4, 0.5) is 19.1 Å². The Morgan fingerprint density at radius 1 is 1.09 bits per heavy atom. The van der Waals surface area contributed by atoms with Crippen molar-refractivity contribution in [1.82, 2.24) is 19.9 Å². The number of likely N-dealkylation sites (tertiary alicyclic amines) is 1.